The zero-order valence-corrected chi connectivity index (χ0v) is 14.2. The number of rotatable bonds is 5. The Morgan fingerprint density at radius 1 is 1.21 bits per heavy atom. The largest absolute Gasteiger partial charge is 0.387 e. The molecule has 1 N–H and O–H groups in total. The third kappa shape index (κ3) is 5.22. The van der Waals surface area contributed by atoms with Crippen molar-refractivity contribution in [2.45, 2.75) is 12.5 Å². The monoisotopic (exact) mass is 341 g/mol. The molecule has 2 rings (SSSR count). The predicted octanol–water partition coefficient (Wildman–Crippen LogP) is 1.09. The molecule has 0 aromatic heterocycles. The minimum Gasteiger partial charge on any atom is -0.387 e. The summed E-state index contributed by atoms with van der Waals surface area (Å²) in [6.45, 7) is 3.56. The van der Waals surface area contributed by atoms with Gasteiger partial charge in [0.05, 0.1) is 12.6 Å². The standard InChI is InChI=1S/C17H25F2N3O2/c1-20(2)17(24)12-22-7-3-6-21(8-9-22)11-16(23)14-10-13(18)4-5-15(14)19/h4-5,10,16,23H,3,6-9,11-12H2,1-2H3. The van der Waals surface area contributed by atoms with Gasteiger partial charge in [0.2, 0.25) is 5.91 Å². The summed E-state index contributed by atoms with van der Waals surface area (Å²) in [5.74, 6) is -1.10. The van der Waals surface area contributed by atoms with Gasteiger partial charge in [0.1, 0.15) is 11.6 Å². The third-order valence-corrected chi connectivity index (χ3v) is 4.29. The fraction of sp³-hybridized carbons (Fsp3) is 0.588. The van der Waals surface area contributed by atoms with Crippen molar-refractivity contribution in [1.82, 2.24) is 14.7 Å². The summed E-state index contributed by atoms with van der Waals surface area (Å²) in [6.07, 6.45) is -0.213. The second kappa shape index (κ2) is 8.50. The van der Waals surface area contributed by atoms with Gasteiger partial charge in [-0.1, -0.05) is 0 Å². The third-order valence-electron chi connectivity index (χ3n) is 4.29. The van der Waals surface area contributed by atoms with Crippen molar-refractivity contribution < 1.29 is 18.7 Å². The SMILES string of the molecule is CN(C)C(=O)CN1CCCN(CC(O)c2cc(F)ccc2F)CC1. The Balaban J connectivity index is 1.90. The van der Waals surface area contributed by atoms with Gasteiger partial charge in [-0.05, 0) is 37.7 Å². The van der Waals surface area contributed by atoms with Gasteiger partial charge in [0, 0.05) is 39.3 Å². The van der Waals surface area contributed by atoms with E-state index in [0.29, 0.717) is 19.6 Å². The van der Waals surface area contributed by atoms with E-state index in [1.807, 2.05) is 4.90 Å². The molecule has 0 spiro atoms. The Hall–Kier alpha value is -1.57. The van der Waals surface area contributed by atoms with Crippen molar-refractivity contribution in [3.8, 4) is 0 Å². The summed E-state index contributed by atoms with van der Waals surface area (Å²) in [7, 11) is 3.46. The molecule has 7 heteroatoms. The summed E-state index contributed by atoms with van der Waals surface area (Å²) in [5, 5.41) is 10.2. The summed E-state index contributed by atoms with van der Waals surface area (Å²) in [5.41, 5.74) is -0.0149. The first-order chi connectivity index (χ1) is 11.4. The highest BCUT2D eigenvalue weighted by atomic mass is 19.1. The Morgan fingerprint density at radius 3 is 2.58 bits per heavy atom. The number of carbonyl (C=O) groups excluding carboxylic acids is 1. The molecular formula is C17H25F2N3O2. The van der Waals surface area contributed by atoms with E-state index in [1.54, 1.807) is 19.0 Å². The van der Waals surface area contributed by atoms with Crippen LogP contribution in [0.5, 0.6) is 0 Å². The molecule has 1 fully saturated rings. The van der Waals surface area contributed by atoms with Crippen LogP contribution >= 0.6 is 0 Å². The number of carbonyl (C=O) groups is 1. The summed E-state index contributed by atoms with van der Waals surface area (Å²) in [6, 6.07) is 3.11. The highest BCUT2D eigenvalue weighted by molar-refractivity contribution is 5.77. The maximum Gasteiger partial charge on any atom is 0.236 e. The molecular weight excluding hydrogens is 316 g/mol. The molecule has 0 aliphatic carbocycles. The molecule has 5 nitrogen and oxygen atoms in total. The van der Waals surface area contributed by atoms with Gasteiger partial charge >= 0.3 is 0 Å². The molecule has 0 radical (unpaired) electrons. The lowest BCUT2D eigenvalue weighted by molar-refractivity contribution is -0.129. The Morgan fingerprint density at radius 2 is 1.88 bits per heavy atom. The highest BCUT2D eigenvalue weighted by Gasteiger charge is 2.21. The highest BCUT2D eigenvalue weighted by Crippen LogP contribution is 2.20. The molecule has 1 unspecified atom stereocenters. The van der Waals surface area contributed by atoms with Crippen molar-refractivity contribution in [1.29, 1.82) is 0 Å². The molecule has 1 heterocycles. The van der Waals surface area contributed by atoms with Crippen LogP contribution in [0.1, 0.15) is 18.1 Å². The van der Waals surface area contributed by atoms with Gasteiger partial charge in [-0.15, -0.1) is 0 Å². The Kier molecular flexibility index (Phi) is 6.65. The predicted molar refractivity (Wildman–Crippen MR) is 87.5 cm³/mol. The minimum absolute atomic E-state index is 0.0149. The summed E-state index contributed by atoms with van der Waals surface area (Å²) >= 11 is 0. The van der Waals surface area contributed by atoms with Crippen molar-refractivity contribution in [2.75, 3.05) is 53.4 Å². The maximum atomic E-state index is 13.7. The smallest absolute Gasteiger partial charge is 0.236 e. The van der Waals surface area contributed by atoms with Crippen LogP contribution in [-0.4, -0.2) is 79.1 Å². The zero-order chi connectivity index (χ0) is 17.7. The first kappa shape index (κ1) is 18.8. The van der Waals surface area contributed by atoms with Crippen molar-refractivity contribution in [2.24, 2.45) is 0 Å². The van der Waals surface area contributed by atoms with Crippen LogP contribution in [0, 0.1) is 11.6 Å². The number of nitrogens with zero attached hydrogens (tertiary/aromatic N) is 3. The van der Waals surface area contributed by atoms with Crippen molar-refractivity contribution in [3.05, 3.63) is 35.4 Å². The number of hydrogen-bond acceptors (Lipinski definition) is 4. The van der Waals surface area contributed by atoms with E-state index >= 15 is 0 Å². The number of amides is 1. The second-order valence-corrected chi connectivity index (χ2v) is 6.40. The normalized spacial score (nSPS) is 18.2. The lowest BCUT2D eigenvalue weighted by Gasteiger charge is -2.24. The fourth-order valence-corrected chi connectivity index (χ4v) is 2.81. The lowest BCUT2D eigenvalue weighted by atomic mass is 10.1. The van der Waals surface area contributed by atoms with E-state index in [9.17, 15) is 18.7 Å². The van der Waals surface area contributed by atoms with Gasteiger partial charge in [0.15, 0.2) is 0 Å². The average Bonchev–Trinajstić information content (AvgIpc) is 2.75. The van der Waals surface area contributed by atoms with Crippen molar-refractivity contribution in [3.63, 3.8) is 0 Å². The van der Waals surface area contributed by atoms with Crippen LogP contribution in [0.25, 0.3) is 0 Å². The van der Waals surface area contributed by atoms with E-state index in [1.165, 1.54) is 0 Å². The summed E-state index contributed by atoms with van der Waals surface area (Å²) in [4.78, 5) is 17.5. The molecule has 1 aliphatic rings. The lowest BCUT2D eigenvalue weighted by Crippen LogP contribution is -2.39. The average molecular weight is 341 g/mol. The maximum absolute atomic E-state index is 13.7. The van der Waals surface area contributed by atoms with Gasteiger partial charge in [-0.25, -0.2) is 8.78 Å². The number of likely N-dealkylation sites (N-methyl/N-ethyl adjacent to an activating group) is 1. The molecule has 24 heavy (non-hydrogen) atoms. The number of β-amino-alcohol motifs (C(OH)–C–C–N with tert-alkyl or cyclic N) is 1. The minimum atomic E-state index is -1.07. The van der Waals surface area contributed by atoms with E-state index in [-0.39, 0.29) is 18.0 Å². The van der Waals surface area contributed by atoms with Gasteiger partial charge < -0.3 is 10.0 Å². The molecule has 1 atom stereocenters. The van der Waals surface area contributed by atoms with Crippen LogP contribution in [0.3, 0.4) is 0 Å². The number of aliphatic hydroxyl groups is 1. The van der Waals surface area contributed by atoms with Crippen LogP contribution in [0.15, 0.2) is 18.2 Å². The first-order valence-corrected chi connectivity index (χ1v) is 8.14. The molecule has 0 bridgehead atoms. The molecule has 134 valence electrons. The number of hydrogen-bond donors (Lipinski definition) is 1. The Labute approximate surface area is 141 Å². The van der Waals surface area contributed by atoms with E-state index in [4.69, 9.17) is 0 Å². The molecule has 1 aromatic carbocycles. The number of benzene rings is 1. The quantitative estimate of drug-likeness (QED) is 0.871. The zero-order valence-electron chi connectivity index (χ0n) is 14.2. The van der Waals surface area contributed by atoms with Crippen molar-refractivity contribution >= 4 is 5.91 Å². The van der Waals surface area contributed by atoms with Gasteiger partial charge in [0.25, 0.3) is 0 Å². The molecule has 1 aliphatic heterocycles. The van der Waals surface area contributed by atoms with Crippen LogP contribution in [0.2, 0.25) is 0 Å². The van der Waals surface area contributed by atoms with Gasteiger partial charge in [-0.3, -0.25) is 14.6 Å². The number of halogens is 2. The topological polar surface area (TPSA) is 47.0 Å². The van der Waals surface area contributed by atoms with Crippen LogP contribution in [-0.2, 0) is 4.79 Å². The summed E-state index contributed by atoms with van der Waals surface area (Å²) < 4.78 is 27.0. The fourth-order valence-electron chi connectivity index (χ4n) is 2.81. The molecule has 1 aromatic rings. The first-order valence-electron chi connectivity index (χ1n) is 8.14. The Bertz CT molecular complexity index is 569. The molecule has 0 saturated carbocycles. The van der Waals surface area contributed by atoms with Crippen LogP contribution < -0.4 is 0 Å². The second-order valence-electron chi connectivity index (χ2n) is 6.40. The van der Waals surface area contributed by atoms with Crippen LogP contribution in [0.4, 0.5) is 8.78 Å². The van der Waals surface area contributed by atoms with E-state index in [2.05, 4.69) is 4.90 Å². The number of aliphatic hydroxyl groups excluding tert-OH is 1. The van der Waals surface area contributed by atoms with E-state index in [0.717, 1.165) is 37.7 Å². The molecule has 1 amide bonds. The van der Waals surface area contributed by atoms with Gasteiger partial charge in [-0.2, -0.15) is 0 Å². The van der Waals surface area contributed by atoms with E-state index < -0.39 is 17.7 Å². The molecule has 1 saturated heterocycles.